The van der Waals surface area contributed by atoms with Gasteiger partial charge in [0.25, 0.3) is 0 Å². The van der Waals surface area contributed by atoms with Crippen molar-refractivity contribution in [2.75, 3.05) is 6.54 Å². The molecular weight excluding hydrogens is 260 g/mol. The van der Waals surface area contributed by atoms with Crippen LogP contribution in [0.25, 0.3) is 0 Å². The molecule has 0 bridgehead atoms. The van der Waals surface area contributed by atoms with Gasteiger partial charge in [-0.1, -0.05) is 36.4 Å². The molecule has 0 aromatic heterocycles. The fourth-order valence-electron chi connectivity index (χ4n) is 2.30. The number of aryl methyl sites for hydroxylation is 1. The van der Waals surface area contributed by atoms with Crippen LogP contribution in [0, 0.1) is 18.6 Å². The van der Waals surface area contributed by atoms with Gasteiger partial charge in [-0.05, 0) is 24.1 Å². The van der Waals surface area contributed by atoms with Crippen molar-refractivity contribution in [2.45, 2.75) is 18.9 Å². The van der Waals surface area contributed by atoms with Crippen LogP contribution in [0.3, 0.4) is 0 Å². The molecule has 0 aliphatic heterocycles. The van der Waals surface area contributed by atoms with Crippen LogP contribution in [0.5, 0.6) is 0 Å². The van der Waals surface area contributed by atoms with Gasteiger partial charge in [0.05, 0.1) is 11.7 Å². The summed E-state index contributed by atoms with van der Waals surface area (Å²) in [5, 5.41) is 10.4. The van der Waals surface area contributed by atoms with E-state index in [-0.39, 0.29) is 12.1 Å². The van der Waals surface area contributed by atoms with E-state index in [9.17, 15) is 13.9 Å². The number of aliphatic hydroxyl groups is 1. The molecule has 0 aliphatic rings. The van der Waals surface area contributed by atoms with Crippen molar-refractivity contribution < 1.29 is 13.9 Å². The Hall–Kier alpha value is -1.78. The number of nitrogens with two attached hydrogens (primary N) is 1. The quantitative estimate of drug-likeness (QED) is 0.902. The van der Waals surface area contributed by atoms with Gasteiger partial charge in [0.2, 0.25) is 0 Å². The maximum atomic E-state index is 14.1. The molecule has 0 saturated carbocycles. The van der Waals surface area contributed by atoms with Crippen molar-refractivity contribution in [2.24, 2.45) is 5.73 Å². The zero-order chi connectivity index (χ0) is 14.7. The molecular formula is C16H17F2NO. The molecule has 4 heteroatoms. The third-order valence-electron chi connectivity index (χ3n) is 3.48. The molecule has 0 aliphatic carbocycles. The Labute approximate surface area is 116 Å². The highest BCUT2D eigenvalue weighted by Crippen LogP contribution is 2.33. The highest BCUT2D eigenvalue weighted by Gasteiger charge is 2.27. The lowest BCUT2D eigenvalue weighted by Crippen LogP contribution is -2.22. The second-order valence-corrected chi connectivity index (χ2v) is 4.79. The molecule has 2 atom stereocenters. The minimum atomic E-state index is -1.32. The number of hydrogen-bond acceptors (Lipinski definition) is 2. The van der Waals surface area contributed by atoms with E-state index in [2.05, 4.69) is 0 Å². The van der Waals surface area contributed by atoms with E-state index in [0.29, 0.717) is 5.56 Å². The average molecular weight is 277 g/mol. The Morgan fingerprint density at radius 2 is 1.75 bits per heavy atom. The summed E-state index contributed by atoms with van der Waals surface area (Å²) in [4.78, 5) is 0. The normalized spacial score (nSPS) is 14.1. The summed E-state index contributed by atoms with van der Waals surface area (Å²) < 4.78 is 27.9. The van der Waals surface area contributed by atoms with Crippen LogP contribution in [0.4, 0.5) is 8.78 Å². The van der Waals surface area contributed by atoms with Crippen molar-refractivity contribution >= 4 is 0 Å². The third kappa shape index (κ3) is 2.71. The summed E-state index contributed by atoms with van der Waals surface area (Å²) in [6.45, 7) is 1.63. The first-order valence-electron chi connectivity index (χ1n) is 6.43. The first-order chi connectivity index (χ1) is 9.56. The largest absolute Gasteiger partial charge is 0.388 e. The Morgan fingerprint density at radius 1 is 1.10 bits per heavy atom. The van der Waals surface area contributed by atoms with Crippen molar-refractivity contribution in [3.63, 3.8) is 0 Å². The van der Waals surface area contributed by atoms with Crippen molar-refractivity contribution in [3.05, 3.63) is 70.8 Å². The average Bonchev–Trinajstić information content (AvgIpc) is 2.45. The Kier molecular flexibility index (Phi) is 4.47. The lowest BCUT2D eigenvalue weighted by molar-refractivity contribution is 0.138. The molecule has 3 N–H and O–H groups in total. The molecule has 0 radical (unpaired) electrons. The summed E-state index contributed by atoms with van der Waals surface area (Å²) in [5.74, 6) is -2.02. The van der Waals surface area contributed by atoms with E-state index in [0.717, 1.165) is 11.6 Å². The second kappa shape index (κ2) is 6.11. The summed E-state index contributed by atoms with van der Waals surface area (Å²) >= 11 is 0. The molecule has 2 aromatic carbocycles. The fraction of sp³-hybridized carbons (Fsp3) is 0.250. The van der Waals surface area contributed by atoms with Gasteiger partial charge in [-0.3, -0.25) is 0 Å². The number of rotatable bonds is 4. The molecule has 0 spiro atoms. The Balaban J connectivity index is 2.44. The van der Waals surface area contributed by atoms with E-state index in [1.165, 1.54) is 13.0 Å². The Morgan fingerprint density at radius 3 is 2.35 bits per heavy atom. The fourth-order valence-corrected chi connectivity index (χ4v) is 2.30. The number of benzene rings is 2. The maximum absolute atomic E-state index is 14.1. The summed E-state index contributed by atoms with van der Waals surface area (Å²) in [6, 6.07) is 11.5. The molecule has 0 heterocycles. The zero-order valence-corrected chi connectivity index (χ0v) is 11.2. The first-order valence-corrected chi connectivity index (χ1v) is 6.43. The SMILES string of the molecule is Cc1ccc(F)c(C(O)C(CN)c2ccccc2)c1F. The van der Waals surface area contributed by atoms with Crippen LogP contribution < -0.4 is 5.73 Å². The number of aliphatic hydroxyl groups excluding tert-OH is 1. The number of halogens is 2. The van der Waals surface area contributed by atoms with Crippen LogP contribution in [-0.2, 0) is 0 Å². The molecule has 0 saturated heterocycles. The van der Waals surface area contributed by atoms with Crippen LogP contribution in [0.1, 0.15) is 28.7 Å². The van der Waals surface area contributed by atoms with E-state index in [4.69, 9.17) is 5.73 Å². The minimum Gasteiger partial charge on any atom is -0.388 e. The predicted octanol–water partition coefficient (Wildman–Crippen LogP) is 3.05. The van der Waals surface area contributed by atoms with E-state index < -0.39 is 23.7 Å². The molecule has 0 fully saturated rings. The molecule has 2 nitrogen and oxygen atoms in total. The monoisotopic (exact) mass is 277 g/mol. The van der Waals surface area contributed by atoms with Gasteiger partial charge in [-0.25, -0.2) is 8.78 Å². The van der Waals surface area contributed by atoms with Gasteiger partial charge in [-0.15, -0.1) is 0 Å². The summed E-state index contributed by atoms with van der Waals surface area (Å²) in [7, 11) is 0. The smallest absolute Gasteiger partial charge is 0.134 e. The summed E-state index contributed by atoms with van der Waals surface area (Å²) in [6.07, 6.45) is -1.32. The number of hydrogen-bond donors (Lipinski definition) is 2. The molecule has 2 aromatic rings. The first kappa shape index (κ1) is 14.6. The van der Waals surface area contributed by atoms with Crippen molar-refractivity contribution in [3.8, 4) is 0 Å². The van der Waals surface area contributed by atoms with Crippen LogP contribution in [-0.4, -0.2) is 11.7 Å². The molecule has 0 amide bonds. The molecule has 106 valence electrons. The van der Waals surface area contributed by atoms with Crippen molar-refractivity contribution in [1.29, 1.82) is 0 Å². The van der Waals surface area contributed by atoms with Crippen molar-refractivity contribution in [1.82, 2.24) is 0 Å². The zero-order valence-electron chi connectivity index (χ0n) is 11.2. The van der Waals surface area contributed by atoms with Gasteiger partial charge in [-0.2, -0.15) is 0 Å². The standard InChI is InChI=1S/C16H17F2NO/c1-10-7-8-13(17)14(15(10)18)16(20)12(9-19)11-5-3-2-4-6-11/h2-8,12,16,20H,9,19H2,1H3. The van der Waals surface area contributed by atoms with Gasteiger partial charge in [0.1, 0.15) is 11.6 Å². The van der Waals surface area contributed by atoms with E-state index in [1.807, 2.05) is 6.07 Å². The predicted molar refractivity (Wildman–Crippen MR) is 74.3 cm³/mol. The van der Waals surface area contributed by atoms with Crippen LogP contribution in [0.15, 0.2) is 42.5 Å². The lowest BCUT2D eigenvalue weighted by atomic mass is 9.88. The van der Waals surface area contributed by atoms with Gasteiger partial charge < -0.3 is 10.8 Å². The van der Waals surface area contributed by atoms with Gasteiger partial charge >= 0.3 is 0 Å². The third-order valence-corrected chi connectivity index (χ3v) is 3.48. The van der Waals surface area contributed by atoms with E-state index in [1.54, 1.807) is 24.3 Å². The van der Waals surface area contributed by atoms with Crippen LogP contribution >= 0.6 is 0 Å². The molecule has 2 unspecified atom stereocenters. The van der Waals surface area contributed by atoms with Crippen LogP contribution in [0.2, 0.25) is 0 Å². The minimum absolute atomic E-state index is 0.0952. The highest BCUT2D eigenvalue weighted by molar-refractivity contribution is 5.32. The summed E-state index contributed by atoms with van der Waals surface area (Å²) in [5.41, 5.74) is 6.41. The topological polar surface area (TPSA) is 46.2 Å². The van der Waals surface area contributed by atoms with Gasteiger partial charge in [0.15, 0.2) is 0 Å². The van der Waals surface area contributed by atoms with Gasteiger partial charge in [0, 0.05) is 12.5 Å². The lowest BCUT2D eigenvalue weighted by Gasteiger charge is -2.23. The second-order valence-electron chi connectivity index (χ2n) is 4.79. The van der Waals surface area contributed by atoms with E-state index >= 15 is 0 Å². The maximum Gasteiger partial charge on any atom is 0.134 e. The Bertz CT molecular complexity index is 587. The highest BCUT2D eigenvalue weighted by atomic mass is 19.1. The molecule has 20 heavy (non-hydrogen) atoms. The molecule has 2 rings (SSSR count).